The van der Waals surface area contributed by atoms with E-state index in [1.807, 2.05) is 0 Å². The summed E-state index contributed by atoms with van der Waals surface area (Å²) in [4.78, 5) is 0. The van der Waals surface area contributed by atoms with Crippen molar-refractivity contribution >= 4 is 8.32 Å². The Morgan fingerprint density at radius 2 is 1.71 bits per heavy atom. The monoisotopic (exact) mass is 253 g/mol. The molecule has 0 bridgehead atoms. The zero-order valence-electron chi connectivity index (χ0n) is 12.3. The Morgan fingerprint density at radius 3 is 2.12 bits per heavy atom. The molecule has 1 aliphatic carbocycles. The Morgan fingerprint density at radius 1 is 1.18 bits per heavy atom. The van der Waals surface area contributed by atoms with Gasteiger partial charge in [-0.25, -0.2) is 0 Å². The van der Waals surface area contributed by atoms with E-state index < -0.39 is 8.32 Å². The lowest BCUT2D eigenvalue weighted by Crippen LogP contribution is -2.45. The third-order valence-corrected chi connectivity index (χ3v) is 9.01. The summed E-state index contributed by atoms with van der Waals surface area (Å²) in [7, 11) is -1.68. The zero-order chi connectivity index (χ0) is 13.1. The third-order valence-electron chi connectivity index (χ3n) is 4.54. The van der Waals surface area contributed by atoms with Gasteiger partial charge in [-0.3, -0.25) is 0 Å². The lowest BCUT2D eigenvalue weighted by molar-refractivity contribution is 0.132. The molecule has 1 aliphatic rings. The minimum absolute atomic E-state index is 0.177. The molecule has 17 heavy (non-hydrogen) atoms. The first kappa shape index (κ1) is 15.0. The highest BCUT2D eigenvalue weighted by atomic mass is 28.4. The van der Waals surface area contributed by atoms with Gasteiger partial charge in [0.25, 0.3) is 0 Å². The summed E-state index contributed by atoms with van der Waals surface area (Å²) in [6.45, 7) is 17.3. The molecule has 1 atom stereocenters. The molecule has 1 radical (unpaired) electrons. The van der Waals surface area contributed by atoms with Gasteiger partial charge in [-0.15, -0.1) is 0 Å². The molecule has 0 heterocycles. The lowest BCUT2D eigenvalue weighted by atomic mass is 9.85. The van der Waals surface area contributed by atoms with Crippen LogP contribution >= 0.6 is 0 Å². The summed E-state index contributed by atoms with van der Waals surface area (Å²) in [6.07, 6.45) is 8.62. The first-order valence-corrected chi connectivity index (χ1v) is 9.91. The van der Waals surface area contributed by atoms with Crippen LogP contribution < -0.4 is 0 Å². The molecule has 1 unspecified atom stereocenters. The fourth-order valence-electron chi connectivity index (χ4n) is 2.27. The Balaban J connectivity index is 2.65. The van der Waals surface area contributed by atoms with Crippen LogP contribution in [0.4, 0.5) is 0 Å². The molecule has 1 nitrogen and oxygen atoms in total. The molecule has 0 spiro atoms. The molecular formula is C15H29OSi. The summed E-state index contributed by atoms with van der Waals surface area (Å²) in [6, 6.07) is 0. The highest BCUT2D eigenvalue weighted by Gasteiger charge is 2.40. The largest absolute Gasteiger partial charge is 0.410 e. The van der Waals surface area contributed by atoms with E-state index in [9.17, 15) is 0 Å². The molecule has 1 fully saturated rings. The standard InChI is InChI=1S/C15H29OSi/c1-7-14(13-11-9-8-10-12-13)16-17(5,6)15(2,3)4/h1,7,13-14H,8-12H2,2-6H3. The quantitative estimate of drug-likeness (QED) is 0.644. The minimum atomic E-state index is -1.68. The number of rotatable bonds is 4. The van der Waals surface area contributed by atoms with Crippen LogP contribution in [-0.4, -0.2) is 14.4 Å². The Bertz CT molecular complexity index is 246. The van der Waals surface area contributed by atoms with Crippen molar-refractivity contribution in [2.24, 2.45) is 5.92 Å². The Hall–Kier alpha value is -0.0831. The van der Waals surface area contributed by atoms with Gasteiger partial charge < -0.3 is 4.43 Å². The maximum absolute atomic E-state index is 6.45. The van der Waals surface area contributed by atoms with E-state index in [2.05, 4.69) is 33.9 Å². The Labute approximate surface area is 109 Å². The van der Waals surface area contributed by atoms with E-state index in [1.54, 1.807) is 6.08 Å². The van der Waals surface area contributed by atoms with Gasteiger partial charge in [-0.05, 0) is 36.9 Å². The van der Waals surface area contributed by atoms with Crippen molar-refractivity contribution in [1.82, 2.24) is 0 Å². The molecule has 0 aromatic rings. The van der Waals surface area contributed by atoms with Crippen molar-refractivity contribution in [3.8, 4) is 0 Å². The molecule has 2 heteroatoms. The SMILES string of the molecule is [CH]=CC(O[Si](C)(C)C(C)(C)C)C1CCCCC1. The summed E-state index contributed by atoms with van der Waals surface area (Å²) in [5.74, 6) is 0.655. The second-order valence-corrected chi connectivity index (χ2v) is 11.7. The predicted octanol–water partition coefficient (Wildman–Crippen LogP) is 4.95. The smallest absolute Gasteiger partial charge is 0.192 e. The fraction of sp³-hybridized carbons (Fsp3) is 0.867. The average molecular weight is 253 g/mol. The second kappa shape index (κ2) is 5.70. The molecule has 0 N–H and O–H groups in total. The Kier molecular flexibility index (Phi) is 5.03. The predicted molar refractivity (Wildman–Crippen MR) is 77.5 cm³/mol. The molecule has 0 aromatic carbocycles. The normalized spacial score (nSPS) is 21.2. The van der Waals surface area contributed by atoms with E-state index in [0.717, 1.165) is 0 Å². The van der Waals surface area contributed by atoms with E-state index in [-0.39, 0.29) is 11.1 Å². The van der Waals surface area contributed by atoms with Crippen LogP contribution in [0.15, 0.2) is 6.08 Å². The van der Waals surface area contributed by atoms with Crippen molar-refractivity contribution in [3.05, 3.63) is 12.7 Å². The van der Waals surface area contributed by atoms with Crippen LogP contribution in [-0.2, 0) is 4.43 Å². The first-order valence-electron chi connectivity index (χ1n) is 7.01. The molecule has 1 saturated carbocycles. The van der Waals surface area contributed by atoms with E-state index in [1.165, 1.54) is 32.1 Å². The van der Waals surface area contributed by atoms with Crippen molar-refractivity contribution in [1.29, 1.82) is 0 Å². The van der Waals surface area contributed by atoms with Gasteiger partial charge in [-0.1, -0.05) is 52.7 Å². The van der Waals surface area contributed by atoms with Gasteiger partial charge in [0.15, 0.2) is 8.32 Å². The number of hydrogen-bond acceptors (Lipinski definition) is 1. The second-order valence-electron chi connectivity index (χ2n) is 6.93. The third kappa shape index (κ3) is 3.96. The van der Waals surface area contributed by atoms with Crippen LogP contribution in [0.2, 0.25) is 18.1 Å². The van der Waals surface area contributed by atoms with Gasteiger partial charge in [0.1, 0.15) is 0 Å². The van der Waals surface area contributed by atoms with Crippen molar-refractivity contribution in [2.45, 2.75) is 77.1 Å². The van der Waals surface area contributed by atoms with Crippen LogP contribution in [0.3, 0.4) is 0 Å². The number of hydrogen-bond donors (Lipinski definition) is 0. The van der Waals surface area contributed by atoms with Crippen LogP contribution in [0.25, 0.3) is 0 Å². The molecule has 0 amide bonds. The highest BCUT2D eigenvalue weighted by Crippen LogP contribution is 2.39. The highest BCUT2D eigenvalue weighted by molar-refractivity contribution is 6.74. The van der Waals surface area contributed by atoms with Crippen LogP contribution in [0.5, 0.6) is 0 Å². The molecule has 0 saturated heterocycles. The molecule has 1 rings (SSSR count). The van der Waals surface area contributed by atoms with Crippen LogP contribution in [0.1, 0.15) is 52.9 Å². The van der Waals surface area contributed by atoms with Gasteiger partial charge in [0, 0.05) is 0 Å². The van der Waals surface area contributed by atoms with Crippen molar-refractivity contribution in [3.63, 3.8) is 0 Å². The minimum Gasteiger partial charge on any atom is -0.410 e. The lowest BCUT2D eigenvalue weighted by Gasteiger charge is -2.41. The van der Waals surface area contributed by atoms with E-state index in [0.29, 0.717) is 5.92 Å². The maximum Gasteiger partial charge on any atom is 0.192 e. The molecule has 0 aliphatic heterocycles. The molecule has 0 aromatic heterocycles. The van der Waals surface area contributed by atoms with Gasteiger partial charge in [0.2, 0.25) is 0 Å². The summed E-state index contributed by atoms with van der Waals surface area (Å²) in [5.41, 5.74) is 0. The molecule has 99 valence electrons. The zero-order valence-corrected chi connectivity index (χ0v) is 13.3. The molecular weight excluding hydrogens is 224 g/mol. The van der Waals surface area contributed by atoms with Crippen LogP contribution in [0, 0.1) is 12.5 Å². The first-order chi connectivity index (χ1) is 7.78. The maximum atomic E-state index is 6.45. The summed E-state index contributed by atoms with van der Waals surface area (Å²) < 4.78 is 6.45. The summed E-state index contributed by atoms with van der Waals surface area (Å²) in [5, 5.41) is 0.267. The van der Waals surface area contributed by atoms with Gasteiger partial charge in [0.05, 0.1) is 6.10 Å². The van der Waals surface area contributed by atoms with Gasteiger partial charge >= 0.3 is 0 Å². The topological polar surface area (TPSA) is 9.23 Å². The van der Waals surface area contributed by atoms with Crippen molar-refractivity contribution < 1.29 is 4.43 Å². The average Bonchev–Trinajstić information content (AvgIpc) is 2.25. The van der Waals surface area contributed by atoms with Gasteiger partial charge in [-0.2, -0.15) is 0 Å². The van der Waals surface area contributed by atoms with E-state index >= 15 is 0 Å². The summed E-state index contributed by atoms with van der Waals surface area (Å²) >= 11 is 0. The fourth-order valence-corrected chi connectivity index (χ4v) is 3.58. The van der Waals surface area contributed by atoms with E-state index in [4.69, 9.17) is 11.0 Å². The van der Waals surface area contributed by atoms with Crippen molar-refractivity contribution in [2.75, 3.05) is 0 Å².